The molecular formula is C46H54N14O22P4S4. The van der Waals surface area contributed by atoms with Crippen molar-refractivity contribution in [1.82, 2.24) is 58.1 Å². The maximum Gasteiger partial charge on any atom is 0.386 e. The van der Waals surface area contributed by atoms with E-state index >= 15 is 0 Å². The van der Waals surface area contributed by atoms with Crippen LogP contribution >= 0.6 is 39.2 Å². The summed E-state index contributed by atoms with van der Waals surface area (Å²) in [5.74, 6) is 1.08. The van der Waals surface area contributed by atoms with E-state index in [0.717, 1.165) is 0 Å². The van der Waals surface area contributed by atoms with E-state index in [0.29, 0.717) is 33.7 Å². The van der Waals surface area contributed by atoms with Gasteiger partial charge in [-0.25, -0.2) is 34.5 Å². The van der Waals surface area contributed by atoms with E-state index in [4.69, 9.17) is 102 Å². The highest BCUT2D eigenvalue weighted by molar-refractivity contribution is 8.44. The summed E-state index contributed by atoms with van der Waals surface area (Å²) in [6.45, 7) is -15.6. The smallest absolute Gasteiger partial charge is 0.386 e. The van der Waals surface area contributed by atoms with Crippen molar-refractivity contribution in [3.8, 4) is 0 Å². The monoisotopic (exact) mass is 1410 g/mol. The maximum absolute atomic E-state index is 13.6. The molecule has 0 radical (unpaired) electrons. The van der Waals surface area contributed by atoms with Crippen LogP contribution in [0.5, 0.6) is 0 Å². The van der Waals surface area contributed by atoms with Gasteiger partial charge in [-0.05, 0) is 73.5 Å². The van der Waals surface area contributed by atoms with Crippen LogP contribution in [0.15, 0.2) is 71.3 Å². The maximum atomic E-state index is 13.6. The second-order valence-corrected chi connectivity index (χ2v) is 32.5. The van der Waals surface area contributed by atoms with Gasteiger partial charge in [-0.1, -0.05) is 12.2 Å². The summed E-state index contributed by atoms with van der Waals surface area (Å²) >= 11 is 19.9. The summed E-state index contributed by atoms with van der Waals surface area (Å²) in [5, 5.41) is 46.5. The Morgan fingerprint density at radius 1 is 0.500 bits per heavy atom. The summed E-state index contributed by atoms with van der Waals surface area (Å²) in [5.41, 5.74) is 12.3. The van der Waals surface area contributed by atoms with E-state index in [1.165, 1.54) is 55.4 Å². The highest BCUT2D eigenvalue weighted by Crippen LogP contribution is 2.59. The Balaban J connectivity index is 0.000000165. The van der Waals surface area contributed by atoms with Crippen LogP contribution in [0.4, 0.5) is 11.6 Å². The van der Waals surface area contributed by atoms with Crippen LogP contribution in [0.25, 0.3) is 44.1 Å². The van der Waals surface area contributed by atoms with Crippen LogP contribution in [-0.2, 0) is 95.1 Å². The number of aliphatic hydroxyl groups excluding tert-OH is 4. The second kappa shape index (κ2) is 24.3. The fourth-order valence-corrected chi connectivity index (χ4v) is 17.1. The third kappa shape index (κ3) is 12.2. The molecule has 8 unspecified atom stereocenters. The first-order valence-corrected chi connectivity index (χ1v) is 37.4. The van der Waals surface area contributed by atoms with Crippen molar-refractivity contribution in [2.45, 2.75) is 112 Å². The zero-order chi connectivity index (χ0) is 63.7. The highest BCUT2D eigenvalue weighted by Gasteiger charge is 2.55. The van der Waals surface area contributed by atoms with Crippen LogP contribution in [0.1, 0.15) is 36.6 Å². The number of H-pyrrole nitrogens is 2. The Bertz CT molecular complexity index is 4150. The van der Waals surface area contributed by atoms with Crippen molar-refractivity contribution >= 4 is 130 Å². The number of nitrogens with one attached hydrogen (secondary N) is 2. The molecule has 0 saturated carbocycles. The van der Waals surface area contributed by atoms with Gasteiger partial charge in [0.15, 0.2) is 24.9 Å². The van der Waals surface area contributed by atoms with Crippen molar-refractivity contribution in [2.75, 3.05) is 37.9 Å². The van der Waals surface area contributed by atoms with Gasteiger partial charge < -0.3 is 107 Å². The van der Waals surface area contributed by atoms with Crippen molar-refractivity contribution < 1.29 is 94.8 Å². The molecule has 6 aliphatic heterocycles. The molecule has 90 heavy (non-hydrogen) atoms. The lowest BCUT2D eigenvalue weighted by Crippen LogP contribution is -2.36. The molecular weight excluding hydrogens is 1350 g/mol. The molecule has 6 aliphatic rings. The lowest BCUT2D eigenvalue weighted by molar-refractivity contribution is -0.0604. The van der Waals surface area contributed by atoms with E-state index in [1.807, 2.05) is 0 Å². The number of rotatable bonds is 4. The van der Waals surface area contributed by atoms with E-state index in [9.17, 15) is 49.3 Å². The Labute approximate surface area is 524 Å². The molecule has 0 amide bonds. The van der Waals surface area contributed by atoms with Gasteiger partial charge in [-0.2, -0.15) is 0 Å². The van der Waals surface area contributed by atoms with Gasteiger partial charge in [0.1, 0.15) is 132 Å². The number of nitrogens with two attached hydrogens (primary N) is 2. The average molecular weight is 1410 g/mol. The lowest BCUT2D eigenvalue weighted by atomic mass is 10.1. The van der Waals surface area contributed by atoms with Crippen LogP contribution in [0.3, 0.4) is 0 Å². The average Bonchev–Trinajstić information content (AvgIpc) is 1.81. The summed E-state index contributed by atoms with van der Waals surface area (Å²) in [6, 6.07) is 6.29. The van der Waals surface area contributed by atoms with Crippen LogP contribution in [0, 0.1) is 13.8 Å². The molecule has 8 aromatic heterocycles. The predicted molar refractivity (Wildman–Crippen MR) is 323 cm³/mol. The zero-order valence-corrected chi connectivity index (χ0v) is 53.1. The van der Waals surface area contributed by atoms with Crippen molar-refractivity contribution in [1.29, 1.82) is 0 Å². The van der Waals surface area contributed by atoms with E-state index in [1.54, 1.807) is 38.4 Å². The van der Waals surface area contributed by atoms with E-state index in [-0.39, 0.29) is 33.7 Å². The summed E-state index contributed by atoms with van der Waals surface area (Å²) in [7, 11) is 0. The Kier molecular flexibility index (Phi) is 17.4. The first-order chi connectivity index (χ1) is 42.6. The van der Waals surface area contributed by atoms with Gasteiger partial charge in [-0.3, -0.25) is 32.2 Å². The summed E-state index contributed by atoms with van der Waals surface area (Å²) in [4.78, 5) is 88.5. The molecule has 0 spiro atoms. The largest absolute Gasteiger partial charge is 0.387 e. The third-order valence-corrected chi connectivity index (χ3v) is 21.7. The second-order valence-electron chi connectivity index (χ2n) is 21.2. The van der Waals surface area contributed by atoms with Crippen LogP contribution in [-0.4, -0.2) is 193 Å². The molecule has 0 aliphatic carbocycles. The van der Waals surface area contributed by atoms with Crippen LogP contribution in [0.2, 0.25) is 0 Å². The quantitative estimate of drug-likeness (QED) is 0.0842. The molecule has 0 aromatic carbocycles. The molecule has 14 heterocycles. The SMILES string of the molecule is Cc1nc2c(ccn2[C@@H]2O[C@@H]3COP(O)(=S)O[C@@H]4C(O)[C@H](n5ccc6c(N)ncnc65)O[C@@H]4COP(=O)(S)O[C@H]2C3O)c(=O)[nH]1.Cc1nc2c(ccn2[C@@H]2O[C@@H]3COP(O)(=S)O[C@@H]4C(O)[C@H](n5ccc6c(N)ncnc65)O[C@@H]4COP(O)(=S)O[C@H]2C3O)c(=O)[nH]1. The normalized spacial score (nSPS) is 37.7. The first-order valence-electron chi connectivity index (χ1n) is 26.9. The number of hydrogen-bond donors (Lipinski definition) is 12. The summed E-state index contributed by atoms with van der Waals surface area (Å²) in [6.07, 6.45) is -11.9. The molecule has 20 atom stereocenters. The fourth-order valence-electron chi connectivity index (χ4n) is 11.3. The number of nitrogen functional groups attached to an aromatic ring is 2. The molecule has 484 valence electrons. The minimum absolute atomic E-state index is 0.210. The number of hydrogen-bond acceptors (Lipinski definition) is 30. The molecule has 13 N–H and O–H groups in total. The van der Waals surface area contributed by atoms with E-state index < -0.39 is 163 Å². The predicted octanol–water partition coefficient (Wildman–Crippen LogP) is 0.476. The van der Waals surface area contributed by atoms with Crippen molar-refractivity contribution in [2.24, 2.45) is 0 Å². The lowest BCUT2D eigenvalue weighted by Gasteiger charge is -2.28. The topological polar surface area (TPSA) is 484 Å². The molecule has 6 fully saturated rings. The van der Waals surface area contributed by atoms with Gasteiger partial charge in [0.2, 0.25) is 0 Å². The van der Waals surface area contributed by atoms with Gasteiger partial charge >= 0.3 is 27.0 Å². The number of nitrogens with zero attached hydrogens (tertiary/aromatic N) is 10. The number of aromatic nitrogens is 12. The minimum atomic E-state index is -4.31. The van der Waals surface area contributed by atoms with Crippen molar-refractivity contribution in [3.05, 3.63) is 94.1 Å². The van der Waals surface area contributed by atoms with Gasteiger partial charge in [-0.15, -0.1) is 0 Å². The number of anilines is 2. The third-order valence-electron chi connectivity index (χ3n) is 15.4. The molecule has 4 bridgehead atoms. The Morgan fingerprint density at radius 2 is 0.844 bits per heavy atom. The molecule has 44 heteroatoms. The van der Waals surface area contributed by atoms with Crippen molar-refractivity contribution in [3.63, 3.8) is 0 Å². The minimum Gasteiger partial charge on any atom is -0.387 e. The number of fused-ring (bicyclic) bond motifs is 10. The number of aliphatic hydroxyl groups is 4. The summed E-state index contributed by atoms with van der Waals surface area (Å²) < 4.78 is 89.1. The molecule has 36 nitrogen and oxygen atoms in total. The Hall–Kier alpha value is -4.55. The highest BCUT2D eigenvalue weighted by atomic mass is 32.7. The first kappa shape index (κ1) is 64.2. The van der Waals surface area contributed by atoms with Gasteiger partial charge in [0, 0.05) is 24.8 Å². The number of aromatic amines is 2. The molecule has 8 aromatic rings. The number of ether oxygens (including phenoxy) is 4. The van der Waals surface area contributed by atoms with Gasteiger partial charge in [0.05, 0.1) is 48.0 Å². The fraction of sp³-hybridized carbons (Fsp3) is 0.478. The van der Waals surface area contributed by atoms with Crippen LogP contribution < -0.4 is 22.6 Å². The van der Waals surface area contributed by atoms with Gasteiger partial charge in [0.25, 0.3) is 11.1 Å². The molecule has 14 rings (SSSR count). The van der Waals surface area contributed by atoms with E-state index in [2.05, 4.69) is 52.1 Å². The molecule has 6 saturated heterocycles. The number of aryl methyl sites for hydroxylation is 2. The number of thiol groups is 1. The standard InChI is InChI=1S/2C23H27N7O11P2S2/c2*1-9-27-20-11(21(33)28-9)3-5-30(20)23-17-14(31)12(38-23)6-36-42(34,44)40-16-13(7-37-43(35,45)41-17)39-22(15(16)32)29-4-2-10-18(24)25-8-26-19(10)29/h2*2-5,8,12-17,22-23,31-32H,6-7H2,1H3,(H,34,44)(H,35,45)(H2,24,25,26)(H,27,28,33)/t2*12-,13-,14?,15?,16+,17+,22-,23-,42?,43?/m11/s1. The Morgan fingerprint density at radius 3 is 1.27 bits per heavy atom. The zero-order valence-electron chi connectivity index (χ0n) is 46.2.